The van der Waals surface area contributed by atoms with Crippen molar-refractivity contribution in [2.75, 3.05) is 16.4 Å². The average molecular weight is 415 g/mol. The van der Waals surface area contributed by atoms with Crippen molar-refractivity contribution in [2.45, 2.75) is 20.0 Å². The van der Waals surface area contributed by atoms with Gasteiger partial charge in [0.05, 0.1) is 16.3 Å². The largest absolute Gasteiger partial charge is 0.417 e. The Morgan fingerprint density at radius 2 is 1.78 bits per heavy atom. The Morgan fingerprint density at radius 1 is 1.11 bits per heavy atom. The van der Waals surface area contributed by atoms with E-state index in [1.807, 2.05) is 13.8 Å². The van der Waals surface area contributed by atoms with E-state index in [9.17, 15) is 13.2 Å². The molecule has 6 nitrogen and oxygen atoms in total. The molecule has 2 aromatic heterocycles. The van der Waals surface area contributed by atoms with Crippen molar-refractivity contribution in [1.29, 1.82) is 0 Å². The molecule has 0 bridgehead atoms. The van der Waals surface area contributed by atoms with Gasteiger partial charge in [-0.2, -0.15) is 13.2 Å². The van der Waals surface area contributed by atoms with E-state index in [-0.39, 0.29) is 22.2 Å². The van der Waals surface area contributed by atoms with Gasteiger partial charge in [0.2, 0.25) is 0 Å². The van der Waals surface area contributed by atoms with Gasteiger partial charge in [-0.1, -0.05) is 11.6 Å². The van der Waals surface area contributed by atoms with E-state index in [2.05, 4.69) is 25.6 Å². The van der Waals surface area contributed by atoms with Crippen molar-refractivity contribution in [1.82, 2.24) is 15.0 Å². The average Bonchev–Trinajstić information content (AvgIpc) is 2.89. The van der Waals surface area contributed by atoms with Crippen LogP contribution >= 0.6 is 22.9 Å². The molecule has 0 saturated carbocycles. The molecule has 0 fully saturated rings. The van der Waals surface area contributed by atoms with Crippen LogP contribution in [-0.4, -0.2) is 15.0 Å². The molecule has 2 heterocycles. The Kier molecular flexibility index (Phi) is 5.11. The predicted octanol–water partition coefficient (Wildman–Crippen LogP) is 5.29. The van der Waals surface area contributed by atoms with E-state index < -0.39 is 11.7 Å². The van der Waals surface area contributed by atoms with Crippen molar-refractivity contribution < 1.29 is 13.2 Å². The summed E-state index contributed by atoms with van der Waals surface area (Å²) in [4.78, 5) is 13.4. The Balaban J connectivity index is 1.88. The summed E-state index contributed by atoms with van der Waals surface area (Å²) in [7, 11) is 0. The molecule has 3 aromatic rings. The number of nitrogens with two attached hydrogens (primary N) is 1. The summed E-state index contributed by atoms with van der Waals surface area (Å²) >= 11 is 7.07. The highest BCUT2D eigenvalue weighted by Gasteiger charge is 2.33. The smallest absolute Gasteiger partial charge is 0.393 e. The number of nitrogens with zero attached hydrogens (tertiary/aromatic N) is 3. The Hall–Kier alpha value is -2.59. The maximum atomic E-state index is 13.0. The Morgan fingerprint density at radius 3 is 2.37 bits per heavy atom. The fourth-order valence-electron chi connectivity index (χ4n) is 2.18. The Labute approximate surface area is 161 Å². The van der Waals surface area contributed by atoms with Crippen molar-refractivity contribution in [3.05, 3.63) is 45.7 Å². The van der Waals surface area contributed by atoms with Crippen LogP contribution in [0.1, 0.15) is 16.1 Å². The standard InChI is InChI=1S/C16H14ClF3N6S/c1-7-8(2)27-15(24-7)26-14-12(21)13(22-6-23-14)25-9-3-4-11(17)10(5-9)16(18,19)20/h3-6H,21H2,1-2H3,(H2,22,23,24,25,26). The number of aromatic nitrogens is 3. The van der Waals surface area contributed by atoms with Crippen molar-refractivity contribution in [3.63, 3.8) is 0 Å². The van der Waals surface area contributed by atoms with Gasteiger partial charge in [0.1, 0.15) is 12.0 Å². The molecule has 11 heteroatoms. The molecule has 0 unspecified atom stereocenters. The first-order chi connectivity index (χ1) is 12.6. The zero-order valence-electron chi connectivity index (χ0n) is 14.1. The maximum Gasteiger partial charge on any atom is 0.417 e. The second-order valence-electron chi connectivity index (χ2n) is 5.59. The minimum absolute atomic E-state index is 0.143. The quantitative estimate of drug-likeness (QED) is 0.537. The number of benzene rings is 1. The highest BCUT2D eigenvalue weighted by Crippen LogP contribution is 2.37. The van der Waals surface area contributed by atoms with Crippen molar-refractivity contribution >= 4 is 51.1 Å². The van der Waals surface area contributed by atoms with Crippen molar-refractivity contribution in [2.24, 2.45) is 0 Å². The number of hydrogen-bond donors (Lipinski definition) is 3. The topological polar surface area (TPSA) is 88.8 Å². The fraction of sp³-hybridized carbons (Fsp3) is 0.188. The molecular formula is C16H14ClF3N6S. The molecule has 3 rings (SSSR count). The maximum absolute atomic E-state index is 13.0. The summed E-state index contributed by atoms with van der Waals surface area (Å²) < 4.78 is 39.0. The lowest BCUT2D eigenvalue weighted by molar-refractivity contribution is -0.137. The summed E-state index contributed by atoms with van der Waals surface area (Å²) in [6.45, 7) is 3.82. The van der Waals surface area contributed by atoms with Crippen LogP contribution in [0.15, 0.2) is 24.5 Å². The SMILES string of the molecule is Cc1nc(Nc2ncnc(Nc3ccc(Cl)c(C(F)(F)F)c3)c2N)sc1C. The van der Waals surface area contributed by atoms with Crippen LogP contribution < -0.4 is 16.4 Å². The number of thiazole rings is 1. The predicted molar refractivity (Wildman–Crippen MR) is 101 cm³/mol. The number of nitrogen functional groups attached to an aromatic ring is 1. The molecule has 27 heavy (non-hydrogen) atoms. The molecule has 142 valence electrons. The number of rotatable bonds is 4. The fourth-order valence-corrected chi connectivity index (χ4v) is 3.22. The van der Waals surface area contributed by atoms with E-state index >= 15 is 0 Å². The molecule has 0 aliphatic heterocycles. The summed E-state index contributed by atoms with van der Waals surface area (Å²) in [5.74, 6) is 0.458. The highest BCUT2D eigenvalue weighted by molar-refractivity contribution is 7.15. The van der Waals surface area contributed by atoms with Crippen LogP contribution in [0.5, 0.6) is 0 Å². The minimum Gasteiger partial charge on any atom is -0.393 e. The van der Waals surface area contributed by atoms with Gasteiger partial charge in [-0.05, 0) is 32.0 Å². The molecule has 0 atom stereocenters. The summed E-state index contributed by atoms with van der Waals surface area (Å²) in [6, 6.07) is 3.45. The number of hydrogen-bond acceptors (Lipinski definition) is 7. The molecular weight excluding hydrogens is 401 g/mol. The van der Waals surface area contributed by atoms with Crippen molar-refractivity contribution in [3.8, 4) is 0 Å². The molecule has 0 radical (unpaired) electrons. The lowest BCUT2D eigenvalue weighted by atomic mass is 10.2. The van der Waals surface area contributed by atoms with E-state index in [4.69, 9.17) is 17.3 Å². The number of nitrogens with one attached hydrogen (secondary N) is 2. The first-order valence-electron chi connectivity index (χ1n) is 7.60. The first-order valence-corrected chi connectivity index (χ1v) is 8.80. The number of alkyl halides is 3. The van der Waals surface area contributed by atoms with Gasteiger partial charge in [-0.15, -0.1) is 11.3 Å². The lowest BCUT2D eigenvalue weighted by Gasteiger charge is -2.14. The molecule has 0 aliphatic carbocycles. The number of anilines is 5. The molecule has 0 aliphatic rings. The van der Waals surface area contributed by atoms with Gasteiger partial charge in [-0.3, -0.25) is 0 Å². The van der Waals surface area contributed by atoms with Crippen LogP contribution in [0.25, 0.3) is 0 Å². The zero-order chi connectivity index (χ0) is 19.8. The molecule has 0 spiro atoms. The van der Waals surface area contributed by atoms with E-state index in [0.717, 1.165) is 22.7 Å². The van der Waals surface area contributed by atoms with Crippen LogP contribution in [0.3, 0.4) is 0 Å². The van der Waals surface area contributed by atoms with E-state index in [1.54, 1.807) is 0 Å². The van der Waals surface area contributed by atoms with Crippen LogP contribution in [0.2, 0.25) is 5.02 Å². The zero-order valence-corrected chi connectivity index (χ0v) is 15.7. The summed E-state index contributed by atoms with van der Waals surface area (Å²) in [6.07, 6.45) is -3.33. The van der Waals surface area contributed by atoms with E-state index in [1.165, 1.54) is 23.7 Å². The van der Waals surface area contributed by atoms with Crippen LogP contribution in [0.4, 0.5) is 41.3 Å². The van der Waals surface area contributed by atoms with E-state index in [0.29, 0.717) is 10.9 Å². The van der Waals surface area contributed by atoms with Gasteiger partial charge in [0.25, 0.3) is 0 Å². The van der Waals surface area contributed by atoms with Gasteiger partial charge in [0.15, 0.2) is 16.8 Å². The third-order valence-electron chi connectivity index (χ3n) is 3.67. The van der Waals surface area contributed by atoms with Crippen LogP contribution in [0, 0.1) is 13.8 Å². The number of halogens is 4. The van der Waals surface area contributed by atoms with Gasteiger partial charge >= 0.3 is 6.18 Å². The lowest BCUT2D eigenvalue weighted by Crippen LogP contribution is -2.08. The van der Waals surface area contributed by atoms with Gasteiger partial charge in [0, 0.05) is 10.6 Å². The third-order valence-corrected chi connectivity index (χ3v) is 4.99. The summed E-state index contributed by atoms with van der Waals surface area (Å²) in [5, 5.41) is 5.97. The number of aryl methyl sites for hydroxylation is 2. The minimum atomic E-state index is -4.57. The van der Waals surface area contributed by atoms with Gasteiger partial charge in [-0.25, -0.2) is 15.0 Å². The highest BCUT2D eigenvalue weighted by atomic mass is 35.5. The van der Waals surface area contributed by atoms with Gasteiger partial charge < -0.3 is 16.4 Å². The molecule has 4 N–H and O–H groups in total. The monoisotopic (exact) mass is 414 g/mol. The molecule has 0 saturated heterocycles. The Bertz CT molecular complexity index is 969. The van der Waals surface area contributed by atoms with Crippen LogP contribution in [-0.2, 0) is 6.18 Å². The third kappa shape index (κ3) is 4.22. The summed E-state index contributed by atoms with van der Waals surface area (Å²) in [5.41, 5.74) is 6.28. The first kappa shape index (κ1) is 19.2. The second-order valence-corrected chi connectivity index (χ2v) is 7.20. The molecule has 0 amide bonds. The normalized spacial score (nSPS) is 11.5. The second kappa shape index (κ2) is 7.20. The molecule has 1 aromatic carbocycles.